The number of carbonyl (C=O) groups is 1. The molecule has 2 N–H and O–H groups in total. The van der Waals surface area contributed by atoms with E-state index in [-0.39, 0.29) is 18.2 Å². The number of amides is 1. The van der Waals surface area contributed by atoms with Gasteiger partial charge in [-0.3, -0.25) is 4.79 Å². The highest BCUT2D eigenvalue weighted by atomic mass is 16.5. The molecule has 0 spiro atoms. The number of unbranched alkanes of at least 4 members (excludes halogenated alkanes) is 1. The molecule has 0 aliphatic heterocycles. The van der Waals surface area contributed by atoms with Gasteiger partial charge in [0, 0.05) is 26.0 Å². The van der Waals surface area contributed by atoms with Gasteiger partial charge in [0.1, 0.15) is 12.3 Å². The topological polar surface area (TPSA) is 71.5 Å². The fourth-order valence-electron chi connectivity index (χ4n) is 1.63. The summed E-state index contributed by atoms with van der Waals surface area (Å²) in [6, 6.07) is 3.41. The molecule has 0 aliphatic rings. The summed E-state index contributed by atoms with van der Waals surface area (Å²) in [4.78, 5) is 16.1. The molecule has 0 fully saturated rings. The Labute approximate surface area is 125 Å². The normalized spacial score (nSPS) is 9.81. The molecular formula is C16H22N2O3. The van der Waals surface area contributed by atoms with Crippen LogP contribution >= 0.6 is 0 Å². The van der Waals surface area contributed by atoms with Crippen LogP contribution in [0.4, 0.5) is 0 Å². The molecule has 0 atom stereocenters. The Morgan fingerprint density at radius 1 is 1.43 bits per heavy atom. The average Bonchev–Trinajstić information content (AvgIpc) is 2.52. The molecule has 21 heavy (non-hydrogen) atoms. The largest absolute Gasteiger partial charge is 0.384 e. The lowest BCUT2D eigenvalue weighted by atomic mass is 10.2. The van der Waals surface area contributed by atoms with Crippen molar-refractivity contribution >= 4 is 5.91 Å². The molecule has 1 heterocycles. The van der Waals surface area contributed by atoms with Crippen LogP contribution in [0.5, 0.6) is 0 Å². The van der Waals surface area contributed by atoms with Gasteiger partial charge < -0.3 is 15.2 Å². The Bertz CT molecular complexity index is 492. The van der Waals surface area contributed by atoms with Gasteiger partial charge in [0.15, 0.2) is 0 Å². The predicted molar refractivity (Wildman–Crippen MR) is 80.9 cm³/mol. The summed E-state index contributed by atoms with van der Waals surface area (Å²) in [6.07, 6.45) is 4.49. The van der Waals surface area contributed by atoms with E-state index in [2.05, 4.69) is 29.1 Å². The molecule has 0 radical (unpaired) electrons. The molecule has 1 amide bonds. The standard InChI is InChI=1S/C16H22N2O3/c1-2-3-12-21-13-6-10-18-16(20)15-14(8-5-11-19)7-4-9-17-15/h4,7,9,19H,2-3,6,10-13H2,1H3,(H,18,20). The van der Waals surface area contributed by atoms with Crippen molar-refractivity contribution in [2.24, 2.45) is 0 Å². The first-order chi connectivity index (χ1) is 10.3. The van der Waals surface area contributed by atoms with E-state index in [1.165, 1.54) is 0 Å². The highest BCUT2D eigenvalue weighted by molar-refractivity contribution is 5.94. The monoisotopic (exact) mass is 290 g/mol. The van der Waals surface area contributed by atoms with Crippen molar-refractivity contribution in [2.75, 3.05) is 26.4 Å². The van der Waals surface area contributed by atoms with Crippen molar-refractivity contribution < 1.29 is 14.6 Å². The summed E-state index contributed by atoms with van der Waals surface area (Å²) in [6.45, 7) is 3.82. The zero-order valence-corrected chi connectivity index (χ0v) is 12.4. The van der Waals surface area contributed by atoms with Crippen molar-refractivity contribution in [3.8, 4) is 11.8 Å². The van der Waals surface area contributed by atoms with E-state index in [0.29, 0.717) is 18.7 Å². The summed E-state index contributed by atoms with van der Waals surface area (Å²) in [5, 5.41) is 11.5. The molecule has 5 nitrogen and oxygen atoms in total. The lowest BCUT2D eigenvalue weighted by Gasteiger charge is -2.06. The van der Waals surface area contributed by atoms with E-state index < -0.39 is 0 Å². The van der Waals surface area contributed by atoms with Crippen LogP contribution in [0, 0.1) is 11.8 Å². The third-order valence-corrected chi connectivity index (χ3v) is 2.72. The van der Waals surface area contributed by atoms with E-state index in [1.54, 1.807) is 18.3 Å². The lowest BCUT2D eigenvalue weighted by Crippen LogP contribution is -2.27. The Morgan fingerprint density at radius 2 is 2.24 bits per heavy atom. The Morgan fingerprint density at radius 3 is 3.00 bits per heavy atom. The number of hydrogen-bond acceptors (Lipinski definition) is 4. The molecule has 114 valence electrons. The number of aromatic nitrogens is 1. The first-order valence-electron chi connectivity index (χ1n) is 7.20. The van der Waals surface area contributed by atoms with Gasteiger partial charge in [0.05, 0.1) is 5.56 Å². The molecular weight excluding hydrogens is 268 g/mol. The van der Waals surface area contributed by atoms with Crippen molar-refractivity contribution in [2.45, 2.75) is 26.2 Å². The number of ether oxygens (including phenoxy) is 1. The van der Waals surface area contributed by atoms with Crippen LogP contribution in [-0.2, 0) is 4.74 Å². The van der Waals surface area contributed by atoms with E-state index >= 15 is 0 Å². The minimum Gasteiger partial charge on any atom is -0.384 e. The van der Waals surface area contributed by atoms with Gasteiger partial charge in [-0.05, 0) is 25.0 Å². The molecule has 1 aromatic rings. The second-order valence-corrected chi connectivity index (χ2v) is 4.43. The SMILES string of the molecule is CCCCOCCCNC(=O)c1ncccc1C#CCO. The summed E-state index contributed by atoms with van der Waals surface area (Å²) >= 11 is 0. The summed E-state index contributed by atoms with van der Waals surface area (Å²) in [5.41, 5.74) is 0.800. The molecule has 1 aromatic heterocycles. The lowest BCUT2D eigenvalue weighted by molar-refractivity contribution is 0.0935. The van der Waals surface area contributed by atoms with Gasteiger partial charge in [-0.1, -0.05) is 25.2 Å². The first-order valence-corrected chi connectivity index (χ1v) is 7.20. The molecule has 5 heteroatoms. The molecule has 0 aromatic carbocycles. The highest BCUT2D eigenvalue weighted by Gasteiger charge is 2.10. The molecule has 0 saturated carbocycles. The van der Waals surface area contributed by atoms with Crippen LogP contribution in [0.25, 0.3) is 0 Å². The number of nitrogens with one attached hydrogen (secondary N) is 1. The maximum absolute atomic E-state index is 12.0. The van der Waals surface area contributed by atoms with Crippen molar-refractivity contribution in [1.82, 2.24) is 10.3 Å². The molecule has 0 aliphatic carbocycles. The van der Waals surface area contributed by atoms with Gasteiger partial charge in [0.25, 0.3) is 5.91 Å². The van der Waals surface area contributed by atoms with Gasteiger partial charge in [-0.15, -0.1) is 0 Å². The van der Waals surface area contributed by atoms with Crippen LogP contribution in [0.15, 0.2) is 18.3 Å². The van der Waals surface area contributed by atoms with Gasteiger partial charge >= 0.3 is 0 Å². The molecule has 1 rings (SSSR count). The molecule has 0 bridgehead atoms. The van der Waals surface area contributed by atoms with Gasteiger partial charge in [0.2, 0.25) is 0 Å². The summed E-state index contributed by atoms with van der Waals surface area (Å²) in [7, 11) is 0. The highest BCUT2D eigenvalue weighted by Crippen LogP contribution is 2.03. The minimum absolute atomic E-state index is 0.245. The minimum atomic E-state index is -0.258. The molecule has 0 unspecified atom stereocenters. The quantitative estimate of drug-likeness (QED) is 0.560. The van der Waals surface area contributed by atoms with Crippen molar-refractivity contribution in [3.05, 3.63) is 29.6 Å². The maximum Gasteiger partial charge on any atom is 0.271 e. The van der Waals surface area contributed by atoms with E-state index in [0.717, 1.165) is 25.9 Å². The third kappa shape index (κ3) is 6.89. The van der Waals surface area contributed by atoms with Crippen molar-refractivity contribution in [3.63, 3.8) is 0 Å². The summed E-state index contributed by atoms with van der Waals surface area (Å²) < 4.78 is 5.42. The first kappa shape index (κ1) is 17.2. The third-order valence-electron chi connectivity index (χ3n) is 2.72. The van der Waals surface area contributed by atoms with Crippen molar-refractivity contribution in [1.29, 1.82) is 0 Å². The Kier molecular flexibility index (Phi) is 8.85. The smallest absolute Gasteiger partial charge is 0.271 e. The Balaban J connectivity index is 2.38. The number of pyridine rings is 1. The van der Waals surface area contributed by atoms with Crippen LogP contribution in [0.1, 0.15) is 42.2 Å². The van der Waals surface area contributed by atoms with E-state index in [9.17, 15) is 4.79 Å². The number of carbonyl (C=O) groups excluding carboxylic acids is 1. The second-order valence-electron chi connectivity index (χ2n) is 4.43. The fraction of sp³-hybridized carbons (Fsp3) is 0.500. The number of rotatable bonds is 8. The summed E-state index contributed by atoms with van der Waals surface area (Å²) in [5.74, 6) is 4.98. The average molecular weight is 290 g/mol. The second kappa shape index (κ2) is 10.8. The molecule has 0 saturated heterocycles. The zero-order valence-electron chi connectivity index (χ0n) is 12.4. The van der Waals surface area contributed by atoms with Crippen LogP contribution in [0.2, 0.25) is 0 Å². The maximum atomic E-state index is 12.0. The van der Waals surface area contributed by atoms with Gasteiger partial charge in [-0.2, -0.15) is 0 Å². The number of aliphatic hydroxyl groups is 1. The van der Waals surface area contributed by atoms with E-state index in [1.807, 2.05) is 0 Å². The predicted octanol–water partition coefficient (Wildman–Crippen LogP) is 1.36. The van der Waals surface area contributed by atoms with Crippen LogP contribution < -0.4 is 5.32 Å². The fourth-order valence-corrected chi connectivity index (χ4v) is 1.63. The number of hydrogen-bond donors (Lipinski definition) is 2. The number of nitrogens with zero attached hydrogens (tertiary/aromatic N) is 1. The number of aliphatic hydroxyl groups excluding tert-OH is 1. The Hall–Kier alpha value is -1.90. The van der Waals surface area contributed by atoms with Crippen LogP contribution in [0.3, 0.4) is 0 Å². The van der Waals surface area contributed by atoms with Gasteiger partial charge in [-0.25, -0.2) is 4.98 Å². The van der Waals surface area contributed by atoms with Crippen LogP contribution in [-0.4, -0.2) is 42.4 Å². The zero-order chi connectivity index (χ0) is 15.3. The van der Waals surface area contributed by atoms with E-state index in [4.69, 9.17) is 9.84 Å².